The molecule has 2 aromatic carbocycles. The highest BCUT2D eigenvalue weighted by Gasteiger charge is 2.13. The molecule has 0 saturated heterocycles. The van der Waals surface area contributed by atoms with Gasteiger partial charge in [0.2, 0.25) is 0 Å². The van der Waals surface area contributed by atoms with E-state index < -0.39 is 10.1 Å². The molecule has 7 N–H and O–H groups in total. The van der Waals surface area contributed by atoms with E-state index in [0.717, 1.165) is 11.1 Å². The molecule has 0 amide bonds. The normalized spacial score (nSPS) is 11.9. The number of benzene rings is 2. The van der Waals surface area contributed by atoms with Crippen molar-refractivity contribution in [2.75, 3.05) is 0 Å². The summed E-state index contributed by atoms with van der Waals surface area (Å²) in [5, 5.41) is 1.52. The number of hydrogen-bond acceptors (Lipinski definition) is 2. The van der Waals surface area contributed by atoms with Gasteiger partial charge in [-0.2, -0.15) is 8.42 Å². The van der Waals surface area contributed by atoms with Crippen LogP contribution in [0.25, 0.3) is 10.8 Å². The number of hydrogen-bond donors (Lipinski definition) is 3. The average molecular weight is 240 g/mol. The molecule has 0 saturated carbocycles. The van der Waals surface area contributed by atoms with Crippen LogP contribution in [0.2, 0.25) is 0 Å². The predicted octanol–water partition coefficient (Wildman–Crippen LogP) is -0.167. The Morgan fingerprint density at radius 2 is 1.50 bits per heavy atom. The first kappa shape index (κ1) is 11.0. The van der Waals surface area contributed by atoms with E-state index in [2.05, 4.69) is 11.5 Å². The van der Waals surface area contributed by atoms with Crippen LogP contribution in [-0.4, -0.2) is 13.0 Å². The maximum atomic E-state index is 11.0. The summed E-state index contributed by atoms with van der Waals surface area (Å²) in [4.78, 5) is -0.129. The van der Waals surface area contributed by atoms with Crippen LogP contribution in [0.15, 0.2) is 35.2 Å². The second-order valence-corrected chi connectivity index (χ2v) is 4.99. The van der Waals surface area contributed by atoms with Gasteiger partial charge in [-0.25, -0.2) is 0 Å². The molecule has 5 nitrogen and oxygen atoms in total. The van der Waals surface area contributed by atoms with Gasteiger partial charge in [0, 0.05) is 22.9 Å². The second-order valence-electron chi connectivity index (χ2n) is 3.57. The van der Waals surface area contributed by atoms with E-state index in [4.69, 9.17) is 4.55 Å². The summed E-state index contributed by atoms with van der Waals surface area (Å²) in [5.41, 5.74) is 9.15. The lowest BCUT2D eigenvalue weighted by molar-refractivity contribution is -0.257. The Balaban J connectivity index is 2.86. The van der Waals surface area contributed by atoms with Crippen LogP contribution < -0.4 is 11.5 Å². The highest BCUT2D eigenvalue weighted by Crippen LogP contribution is 2.26. The van der Waals surface area contributed by atoms with E-state index in [1.54, 1.807) is 12.1 Å². The summed E-state index contributed by atoms with van der Waals surface area (Å²) >= 11 is 0. The van der Waals surface area contributed by atoms with Crippen molar-refractivity contribution in [3.05, 3.63) is 30.3 Å². The van der Waals surface area contributed by atoms with Crippen molar-refractivity contribution in [1.82, 2.24) is 0 Å². The van der Waals surface area contributed by atoms with E-state index in [0.29, 0.717) is 11.1 Å². The Labute approximate surface area is 92.4 Å². The van der Waals surface area contributed by atoms with Gasteiger partial charge in [-0.15, -0.1) is 0 Å². The summed E-state index contributed by atoms with van der Waals surface area (Å²) in [6.07, 6.45) is 0. The highest BCUT2D eigenvalue weighted by atomic mass is 32.2. The van der Waals surface area contributed by atoms with Crippen molar-refractivity contribution in [2.45, 2.75) is 4.90 Å². The molecule has 2 aromatic rings. The molecule has 0 spiro atoms. The van der Waals surface area contributed by atoms with E-state index in [9.17, 15) is 8.42 Å². The van der Waals surface area contributed by atoms with Crippen LogP contribution in [0.1, 0.15) is 0 Å². The Hall–Kier alpha value is -1.47. The van der Waals surface area contributed by atoms with Crippen molar-refractivity contribution < 1.29 is 24.4 Å². The van der Waals surface area contributed by atoms with E-state index in [1.807, 2.05) is 6.07 Å². The molecule has 2 rings (SSSR count). The summed E-state index contributed by atoms with van der Waals surface area (Å²) in [5.74, 6) is 0. The van der Waals surface area contributed by atoms with Gasteiger partial charge in [0.15, 0.2) is 0 Å². The minimum absolute atomic E-state index is 0.129. The summed E-state index contributed by atoms with van der Waals surface area (Å²) < 4.78 is 30.9. The Morgan fingerprint density at radius 3 is 2.06 bits per heavy atom. The third-order valence-corrected chi connectivity index (χ3v) is 3.32. The monoisotopic (exact) mass is 240 g/mol. The zero-order chi connectivity index (χ0) is 11.9. The molecule has 0 radical (unpaired) electrons. The van der Waals surface area contributed by atoms with Gasteiger partial charge in [-0.1, -0.05) is 0 Å². The van der Waals surface area contributed by atoms with E-state index in [-0.39, 0.29) is 4.90 Å². The first-order chi connectivity index (χ1) is 7.39. The van der Waals surface area contributed by atoms with Gasteiger partial charge in [-0.3, -0.25) is 4.55 Å². The smallest absolute Gasteiger partial charge is 0.294 e. The topological polar surface area (TPSA) is 110 Å². The molecule has 16 heavy (non-hydrogen) atoms. The third-order valence-electron chi connectivity index (χ3n) is 2.47. The quantitative estimate of drug-likeness (QED) is 0.602. The van der Waals surface area contributed by atoms with Crippen molar-refractivity contribution in [3.8, 4) is 0 Å². The van der Waals surface area contributed by atoms with E-state index in [1.165, 1.54) is 12.1 Å². The Morgan fingerprint density at radius 1 is 0.938 bits per heavy atom. The second kappa shape index (κ2) is 3.53. The highest BCUT2D eigenvalue weighted by molar-refractivity contribution is 7.85. The molecular formula is C10H12N2O3S+2. The van der Waals surface area contributed by atoms with Crippen molar-refractivity contribution in [1.29, 1.82) is 0 Å². The maximum Gasteiger partial charge on any atom is 0.294 e. The lowest BCUT2D eigenvalue weighted by atomic mass is 10.1. The summed E-state index contributed by atoms with van der Waals surface area (Å²) in [7, 11) is -4.17. The molecule has 0 unspecified atom stereocenters. The summed E-state index contributed by atoms with van der Waals surface area (Å²) in [6, 6.07) is 7.96. The average Bonchev–Trinajstić information content (AvgIpc) is 2.22. The Kier molecular flexibility index (Phi) is 2.43. The fraction of sp³-hybridized carbons (Fsp3) is 0. The molecule has 0 atom stereocenters. The lowest BCUT2D eigenvalue weighted by Gasteiger charge is -2.02. The first-order valence-corrected chi connectivity index (χ1v) is 6.02. The fourth-order valence-corrected chi connectivity index (χ4v) is 2.12. The minimum Gasteiger partial charge on any atom is -0.325 e. The van der Waals surface area contributed by atoms with Gasteiger partial charge in [-0.05, 0) is 18.2 Å². The zero-order valence-corrected chi connectivity index (χ0v) is 9.29. The Bertz CT molecular complexity index is 665. The SMILES string of the molecule is [NH3+]c1ccc([NH3+])c2cc(S(=O)(=O)O)ccc12. The van der Waals surface area contributed by atoms with Crippen LogP contribution in [-0.2, 0) is 10.1 Å². The van der Waals surface area contributed by atoms with Crippen molar-refractivity contribution in [3.63, 3.8) is 0 Å². The predicted molar refractivity (Wildman–Crippen MR) is 58.9 cm³/mol. The number of rotatable bonds is 1. The van der Waals surface area contributed by atoms with Crippen LogP contribution in [0.5, 0.6) is 0 Å². The standard InChI is InChI=1S/C10H10N2O3S/c11-9-3-4-10(12)8-5-6(16(13,14)15)1-2-7(8)9/h1-5H,11-12H2,(H,13,14,15)/p+2. The van der Waals surface area contributed by atoms with Gasteiger partial charge >= 0.3 is 0 Å². The molecule has 84 valence electrons. The molecule has 0 bridgehead atoms. The van der Waals surface area contributed by atoms with Gasteiger partial charge in [0.25, 0.3) is 10.1 Å². The fourth-order valence-electron chi connectivity index (χ4n) is 1.61. The molecule has 0 aliphatic carbocycles. The van der Waals surface area contributed by atoms with Crippen LogP contribution >= 0.6 is 0 Å². The maximum absolute atomic E-state index is 11.0. The first-order valence-electron chi connectivity index (χ1n) is 4.58. The van der Waals surface area contributed by atoms with Crippen LogP contribution in [0, 0.1) is 0 Å². The molecule has 0 aliphatic rings. The zero-order valence-electron chi connectivity index (χ0n) is 8.47. The molecule has 0 heterocycles. The van der Waals surface area contributed by atoms with Gasteiger partial charge in [0.05, 0.1) is 4.90 Å². The van der Waals surface area contributed by atoms with Crippen molar-refractivity contribution in [2.24, 2.45) is 0 Å². The van der Waals surface area contributed by atoms with Crippen LogP contribution in [0.4, 0.5) is 11.4 Å². The number of fused-ring (bicyclic) bond motifs is 1. The molecule has 0 fully saturated rings. The summed E-state index contributed by atoms with van der Waals surface area (Å²) in [6.45, 7) is 0. The van der Waals surface area contributed by atoms with Gasteiger partial charge < -0.3 is 11.5 Å². The lowest BCUT2D eigenvalue weighted by Crippen LogP contribution is -2.43. The molecular weight excluding hydrogens is 228 g/mol. The van der Waals surface area contributed by atoms with Gasteiger partial charge in [0.1, 0.15) is 11.4 Å². The third kappa shape index (κ3) is 1.79. The van der Waals surface area contributed by atoms with Crippen LogP contribution in [0.3, 0.4) is 0 Å². The van der Waals surface area contributed by atoms with E-state index >= 15 is 0 Å². The molecule has 6 heteroatoms. The molecule has 0 aromatic heterocycles. The molecule has 0 aliphatic heterocycles. The minimum atomic E-state index is -4.17. The van der Waals surface area contributed by atoms with Crippen molar-refractivity contribution >= 4 is 32.3 Å². The number of quaternary nitrogens is 2. The largest absolute Gasteiger partial charge is 0.325 e.